The minimum absolute atomic E-state index is 0.320. The average Bonchev–Trinajstić information content (AvgIpc) is 3.25. The van der Waals surface area contributed by atoms with Gasteiger partial charge in [0.2, 0.25) is 0 Å². The van der Waals surface area contributed by atoms with Crippen molar-refractivity contribution in [3.8, 4) is 0 Å². The third-order valence-corrected chi connectivity index (χ3v) is 3.91. The number of fused-ring (bicyclic) bond motifs is 1. The molecule has 0 saturated heterocycles. The summed E-state index contributed by atoms with van der Waals surface area (Å²) in [6.45, 7) is 0. The highest BCUT2D eigenvalue weighted by atomic mass is 19.1. The van der Waals surface area contributed by atoms with Crippen LogP contribution in [0.5, 0.6) is 0 Å². The summed E-state index contributed by atoms with van der Waals surface area (Å²) in [4.78, 5) is 4.55. The van der Waals surface area contributed by atoms with Gasteiger partial charge in [0, 0.05) is 30.4 Å². The van der Waals surface area contributed by atoms with E-state index in [2.05, 4.69) is 20.7 Å². The number of hydrogen-bond acceptors (Lipinski definition) is 4. The zero-order chi connectivity index (χ0) is 16.0. The molecule has 5 nitrogen and oxygen atoms in total. The Balaban J connectivity index is 1.81. The molecule has 7 heteroatoms. The molecule has 2 heterocycles. The van der Waals surface area contributed by atoms with E-state index in [9.17, 15) is 8.78 Å². The number of nitrogens with one attached hydrogen (secondary N) is 2. The molecule has 1 fully saturated rings. The topological polar surface area (TPSA) is 54.2 Å². The molecule has 3 aromatic rings. The molecule has 23 heavy (non-hydrogen) atoms. The zero-order valence-electron chi connectivity index (χ0n) is 12.5. The van der Waals surface area contributed by atoms with Gasteiger partial charge in [0.1, 0.15) is 23.3 Å². The maximum Gasteiger partial charge on any atom is 0.163 e. The van der Waals surface area contributed by atoms with Gasteiger partial charge in [-0.25, -0.2) is 13.8 Å². The number of aromatic nitrogens is 3. The van der Waals surface area contributed by atoms with E-state index >= 15 is 0 Å². The van der Waals surface area contributed by atoms with E-state index in [0.29, 0.717) is 23.2 Å². The summed E-state index contributed by atoms with van der Waals surface area (Å²) in [5.74, 6) is 0.499. The van der Waals surface area contributed by atoms with E-state index in [1.165, 1.54) is 12.1 Å². The fourth-order valence-electron chi connectivity index (χ4n) is 2.65. The average molecular weight is 315 g/mol. The molecule has 4 rings (SSSR count). The molecule has 1 aliphatic rings. The molecule has 0 unspecified atom stereocenters. The van der Waals surface area contributed by atoms with Gasteiger partial charge in [-0.05, 0) is 30.9 Å². The normalized spacial score (nSPS) is 14.2. The summed E-state index contributed by atoms with van der Waals surface area (Å²) < 4.78 is 28.4. The van der Waals surface area contributed by atoms with Gasteiger partial charge < -0.3 is 10.6 Å². The van der Waals surface area contributed by atoms with Gasteiger partial charge in [-0.2, -0.15) is 9.61 Å². The second-order valence-corrected chi connectivity index (χ2v) is 5.67. The van der Waals surface area contributed by atoms with Gasteiger partial charge in [0.15, 0.2) is 5.65 Å². The molecule has 118 valence electrons. The molecule has 1 saturated carbocycles. The molecule has 0 aliphatic heterocycles. The Kier molecular flexibility index (Phi) is 3.14. The van der Waals surface area contributed by atoms with Crippen LogP contribution in [0.4, 0.5) is 26.1 Å². The first-order valence-electron chi connectivity index (χ1n) is 7.43. The second kappa shape index (κ2) is 5.19. The fraction of sp³-hybridized carbons (Fsp3) is 0.250. The second-order valence-electron chi connectivity index (χ2n) is 5.67. The van der Waals surface area contributed by atoms with Crippen molar-refractivity contribution in [1.82, 2.24) is 14.6 Å². The Morgan fingerprint density at radius 1 is 1.13 bits per heavy atom. The predicted molar refractivity (Wildman–Crippen MR) is 84.1 cm³/mol. The summed E-state index contributed by atoms with van der Waals surface area (Å²) in [5, 5.41) is 10.4. The molecular formula is C16H15F2N5. The van der Waals surface area contributed by atoms with Crippen molar-refractivity contribution in [3.63, 3.8) is 0 Å². The van der Waals surface area contributed by atoms with Crippen molar-refractivity contribution < 1.29 is 8.78 Å². The molecular weight excluding hydrogens is 300 g/mol. The lowest BCUT2D eigenvalue weighted by atomic mass is 10.2. The van der Waals surface area contributed by atoms with E-state index in [0.717, 1.165) is 30.1 Å². The fourth-order valence-corrected chi connectivity index (χ4v) is 2.65. The van der Waals surface area contributed by atoms with Crippen molar-refractivity contribution >= 4 is 23.0 Å². The number of nitrogens with zero attached hydrogens (tertiary/aromatic N) is 3. The molecule has 0 amide bonds. The van der Waals surface area contributed by atoms with E-state index in [-0.39, 0.29) is 0 Å². The molecule has 0 atom stereocenters. The van der Waals surface area contributed by atoms with Gasteiger partial charge >= 0.3 is 0 Å². The van der Waals surface area contributed by atoms with E-state index < -0.39 is 11.6 Å². The van der Waals surface area contributed by atoms with Crippen LogP contribution in [0.25, 0.3) is 5.65 Å². The Labute approximate surface area is 131 Å². The highest BCUT2D eigenvalue weighted by molar-refractivity contribution is 5.66. The quantitative estimate of drug-likeness (QED) is 0.771. The Morgan fingerprint density at radius 3 is 2.52 bits per heavy atom. The van der Waals surface area contributed by atoms with Crippen LogP contribution in [0.3, 0.4) is 0 Å². The van der Waals surface area contributed by atoms with Crippen molar-refractivity contribution in [1.29, 1.82) is 0 Å². The van der Waals surface area contributed by atoms with Gasteiger partial charge in [-0.15, -0.1) is 0 Å². The predicted octanol–water partition coefficient (Wildman–Crippen LogP) is 3.67. The number of rotatable bonds is 4. The maximum absolute atomic E-state index is 13.4. The number of halogens is 2. The van der Waals surface area contributed by atoms with Gasteiger partial charge in [0.25, 0.3) is 0 Å². The highest BCUT2D eigenvalue weighted by Crippen LogP contribution is 2.42. The Morgan fingerprint density at radius 2 is 1.87 bits per heavy atom. The lowest BCUT2D eigenvalue weighted by Gasteiger charge is -2.11. The van der Waals surface area contributed by atoms with Crippen molar-refractivity contribution in [2.75, 3.05) is 17.7 Å². The largest absolute Gasteiger partial charge is 0.373 e. The van der Waals surface area contributed by atoms with Crippen LogP contribution in [0.1, 0.15) is 24.3 Å². The minimum atomic E-state index is -0.634. The molecule has 1 aromatic carbocycles. The van der Waals surface area contributed by atoms with Crippen LogP contribution in [0.2, 0.25) is 0 Å². The standard InChI is InChI=1S/C16H15F2N5/c1-19-14-7-15(21-12-5-10(17)4-11(18)6-12)23-16(22-14)13(8-20-23)9-2-3-9/h4-9,21H,2-3H2,1H3,(H,19,22). The smallest absolute Gasteiger partial charge is 0.163 e. The van der Waals surface area contributed by atoms with Gasteiger partial charge in [0.05, 0.1) is 6.20 Å². The molecule has 2 N–H and O–H groups in total. The van der Waals surface area contributed by atoms with Gasteiger partial charge in [-0.3, -0.25) is 0 Å². The first-order valence-corrected chi connectivity index (χ1v) is 7.43. The Hall–Kier alpha value is -2.70. The maximum atomic E-state index is 13.4. The first kappa shape index (κ1) is 13.9. The summed E-state index contributed by atoms with van der Waals surface area (Å²) in [6.07, 6.45) is 4.10. The van der Waals surface area contributed by atoms with Crippen LogP contribution in [-0.2, 0) is 0 Å². The van der Waals surface area contributed by atoms with Crippen LogP contribution < -0.4 is 10.6 Å². The summed E-state index contributed by atoms with van der Waals surface area (Å²) in [7, 11) is 1.78. The van der Waals surface area contributed by atoms with Crippen LogP contribution >= 0.6 is 0 Å². The lowest BCUT2D eigenvalue weighted by Crippen LogP contribution is -2.04. The molecule has 0 radical (unpaired) electrons. The van der Waals surface area contributed by atoms with Crippen molar-refractivity contribution in [2.24, 2.45) is 0 Å². The number of benzene rings is 1. The SMILES string of the molecule is CNc1cc(Nc2cc(F)cc(F)c2)n2ncc(C3CC3)c2n1. The third-order valence-electron chi connectivity index (χ3n) is 3.91. The van der Waals surface area contributed by atoms with E-state index in [1.54, 1.807) is 17.6 Å². The molecule has 1 aliphatic carbocycles. The van der Waals surface area contributed by atoms with E-state index in [4.69, 9.17) is 0 Å². The van der Waals surface area contributed by atoms with Crippen LogP contribution in [0.15, 0.2) is 30.5 Å². The number of hydrogen-bond donors (Lipinski definition) is 2. The third kappa shape index (κ3) is 2.58. The van der Waals surface area contributed by atoms with E-state index in [1.807, 2.05) is 6.20 Å². The number of anilines is 3. The molecule has 0 spiro atoms. The summed E-state index contributed by atoms with van der Waals surface area (Å²) in [5.41, 5.74) is 2.19. The molecule has 0 bridgehead atoms. The van der Waals surface area contributed by atoms with Crippen LogP contribution in [0, 0.1) is 11.6 Å². The summed E-state index contributed by atoms with van der Waals surface area (Å²) >= 11 is 0. The Bertz CT molecular complexity index is 865. The monoisotopic (exact) mass is 315 g/mol. The highest BCUT2D eigenvalue weighted by Gasteiger charge is 2.28. The first-order chi connectivity index (χ1) is 11.1. The molecule has 2 aromatic heterocycles. The van der Waals surface area contributed by atoms with Crippen molar-refractivity contribution in [3.05, 3.63) is 47.7 Å². The zero-order valence-corrected chi connectivity index (χ0v) is 12.5. The van der Waals surface area contributed by atoms with Crippen molar-refractivity contribution in [2.45, 2.75) is 18.8 Å². The lowest BCUT2D eigenvalue weighted by molar-refractivity contribution is 0.584. The van der Waals surface area contributed by atoms with Crippen LogP contribution in [-0.4, -0.2) is 21.6 Å². The van der Waals surface area contributed by atoms with Gasteiger partial charge in [-0.1, -0.05) is 0 Å². The minimum Gasteiger partial charge on any atom is -0.373 e. The summed E-state index contributed by atoms with van der Waals surface area (Å²) in [6, 6.07) is 5.06.